The van der Waals surface area contributed by atoms with Crippen molar-refractivity contribution in [3.8, 4) is 0 Å². The number of nitrogen functional groups attached to an aromatic ring is 1. The smallest absolute Gasteiger partial charge is 0.351 e. The summed E-state index contributed by atoms with van der Waals surface area (Å²) in [7, 11) is -4.09. The van der Waals surface area contributed by atoms with Gasteiger partial charge in [-0.25, -0.2) is 4.79 Å². The summed E-state index contributed by atoms with van der Waals surface area (Å²) in [5, 5.41) is 0.151. The predicted molar refractivity (Wildman–Crippen MR) is 136 cm³/mol. The van der Waals surface area contributed by atoms with Gasteiger partial charge < -0.3 is 19.3 Å². The molecule has 1 aliphatic rings. The fourth-order valence-electron chi connectivity index (χ4n) is 3.36. The summed E-state index contributed by atoms with van der Waals surface area (Å²) in [5.74, 6) is 0.210. The van der Waals surface area contributed by atoms with E-state index in [1.807, 2.05) is 0 Å². The van der Waals surface area contributed by atoms with Gasteiger partial charge in [-0.3, -0.25) is 4.57 Å². The standard InChI is InChI=1S/C23H45N3O4Si2/c1-12-23(16-28-31(8,9)21(2,3)4)17(30-32(10,11)22(5,6)7)15-19(29-23)26-14-13-18(24)25-20(26)27/h13-14,17,19H,12,15-16H2,1-11H3,(H2,24,25,27)/t17?,19-,23-/m1/s1. The van der Waals surface area contributed by atoms with Crippen molar-refractivity contribution in [2.24, 2.45) is 0 Å². The normalized spacial score (nSPS) is 25.3. The van der Waals surface area contributed by atoms with Crippen LogP contribution in [-0.4, -0.2) is 44.5 Å². The molecule has 9 heteroatoms. The van der Waals surface area contributed by atoms with Crippen molar-refractivity contribution in [3.05, 3.63) is 22.7 Å². The first kappa shape index (κ1) is 27.2. The van der Waals surface area contributed by atoms with E-state index < -0.39 is 34.2 Å². The minimum atomic E-state index is -2.09. The molecule has 0 spiro atoms. The molecule has 2 N–H and O–H groups in total. The third-order valence-corrected chi connectivity index (χ3v) is 16.8. The van der Waals surface area contributed by atoms with Gasteiger partial charge in [0.15, 0.2) is 16.6 Å². The van der Waals surface area contributed by atoms with E-state index in [1.54, 1.807) is 12.3 Å². The lowest BCUT2D eigenvalue weighted by molar-refractivity contribution is -0.124. The first-order valence-corrected chi connectivity index (χ1v) is 17.5. The monoisotopic (exact) mass is 483 g/mol. The molecular weight excluding hydrogens is 438 g/mol. The quantitative estimate of drug-likeness (QED) is 0.529. The Kier molecular flexibility index (Phi) is 7.64. The number of rotatable bonds is 7. The summed E-state index contributed by atoms with van der Waals surface area (Å²) < 4.78 is 21.8. The maximum Gasteiger partial charge on any atom is 0.351 e. The lowest BCUT2D eigenvalue weighted by Gasteiger charge is -2.44. The van der Waals surface area contributed by atoms with Gasteiger partial charge in [0, 0.05) is 12.6 Å². The van der Waals surface area contributed by atoms with Gasteiger partial charge in [-0.05, 0) is 48.8 Å². The molecule has 0 bridgehead atoms. The van der Waals surface area contributed by atoms with E-state index in [9.17, 15) is 4.79 Å². The van der Waals surface area contributed by atoms with E-state index in [1.165, 1.54) is 4.57 Å². The van der Waals surface area contributed by atoms with Crippen LogP contribution in [0.2, 0.25) is 36.3 Å². The number of nitrogens with two attached hydrogens (primary N) is 1. The number of nitrogens with zero attached hydrogens (tertiary/aromatic N) is 2. The second-order valence-electron chi connectivity index (χ2n) is 12.2. The molecule has 2 heterocycles. The van der Waals surface area contributed by atoms with Crippen LogP contribution in [0.5, 0.6) is 0 Å². The lowest BCUT2D eigenvalue weighted by atomic mass is 9.95. The molecule has 0 amide bonds. The van der Waals surface area contributed by atoms with Gasteiger partial charge in [0.25, 0.3) is 0 Å². The first-order chi connectivity index (χ1) is 14.4. The molecule has 1 aromatic rings. The second kappa shape index (κ2) is 8.98. The maximum atomic E-state index is 12.6. The van der Waals surface area contributed by atoms with E-state index in [4.69, 9.17) is 19.3 Å². The minimum Gasteiger partial charge on any atom is -0.414 e. The third kappa shape index (κ3) is 5.55. The van der Waals surface area contributed by atoms with E-state index in [0.29, 0.717) is 13.0 Å². The van der Waals surface area contributed by atoms with E-state index in [2.05, 4.69) is 79.6 Å². The van der Waals surface area contributed by atoms with Gasteiger partial charge in [0.05, 0.1) is 12.7 Å². The zero-order valence-electron chi connectivity index (χ0n) is 22.0. The molecule has 3 atom stereocenters. The Morgan fingerprint density at radius 3 is 2.19 bits per heavy atom. The van der Waals surface area contributed by atoms with Crippen molar-refractivity contribution in [1.82, 2.24) is 9.55 Å². The van der Waals surface area contributed by atoms with Crippen LogP contribution < -0.4 is 11.4 Å². The average Bonchev–Trinajstić information content (AvgIpc) is 2.96. The summed E-state index contributed by atoms with van der Waals surface area (Å²) in [6, 6.07) is 1.63. The largest absolute Gasteiger partial charge is 0.414 e. The molecule has 184 valence electrons. The second-order valence-corrected chi connectivity index (χ2v) is 21.8. The Morgan fingerprint density at radius 2 is 1.72 bits per heavy atom. The summed E-state index contributed by atoms with van der Waals surface area (Å²) in [6.45, 7) is 25.0. The highest BCUT2D eigenvalue weighted by atomic mass is 28.4. The summed E-state index contributed by atoms with van der Waals surface area (Å²) in [6.07, 6.45) is 2.33. The van der Waals surface area contributed by atoms with Crippen molar-refractivity contribution < 1.29 is 13.6 Å². The first-order valence-electron chi connectivity index (χ1n) is 11.7. The highest BCUT2D eigenvalue weighted by molar-refractivity contribution is 6.74. The summed E-state index contributed by atoms with van der Waals surface area (Å²) >= 11 is 0. The van der Waals surface area contributed by atoms with E-state index in [0.717, 1.165) is 6.42 Å². The van der Waals surface area contributed by atoms with Crippen LogP contribution >= 0.6 is 0 Å². The maximum absolute atomic E-state index is 12.6. The molecule has 1 saturated heterocycles. The number of anilines is 1. The SMILES string of the molecule is CC[C@]1(CO[Si](C)(C)C(C)(C)C)O[C@@H](n2ccc(N)nc2=O)CC1O[Si](C)(C)C(C)(C)C. The van der Waals surface area contributed by atoms with Crippen LogP contribution in [0.25, 0.3) is 0 Å². The fourth-order valence-corrected chi connectivity index (χ4v) is 5.77. The molecular formula is C23H45N3O4Si2. The van der Waals surface area contributed by atoms with Gasteiger partial charge in [0.1, 0.15) is 17.6 Å². The van der Waals surface area contributed by atoms with Crippen molar-refractivity contribution >= 4 is 22.5 Å². The van der Waals surface area contributed by atoms with Crippen molar-refractivity contribution in [3.63, 3.8) is 0 Å². The average molecular weight is 484 g/mol. The topological polar surface area (TPSA) is 88.6 Å². The zero-order valence-corrected chi connectivity index (χ0v) is 24.0. The highest BCUT2D eigenvalue weighted by Crippen LogP contribution is 2.47. The van der Waals surface area contributed by atoms with Gasteiger partial charge >= 0.3 is 5.69 Å². The Hall–Kier alpha value is -1.01. The molecule has 7 nitrogen and oxygen atoms in total. The van der Waals surface area contributed by atoms with Crippen LogP contribution in [-0.2, 0) is 13.6 Å². The van der Waals surface area contributed by atoms with Crippen molar-refractivity contribution in [1.29, 1.82) is 0 Å². The number of aromatic nitrogens is 2. The predicted octanol–water partition coefficient (Wildman–Crippen LogP) is 5.31. The molecule has 0 saturated carbocycles. The molecule has 1 fully saturated rings. The zero-order chi connectivity index (χ0) is 24.8. The lowest BCUT2D eigenvalue weighted by Crippen LogP contribution is -2.54. The van der Waals surface area contributed by atoms with E-state index in [-0.39, 0.29) is 22.0 Å². The van der Waals surface area contributed by atoms with Gasteiger partial charge in [-0.1, -0.05) is 48.5 Å². The Morgan fingerprint density at radius 1 is 1.16 bits per heavy atom. The van der Waals surface area contributed by atoms with Gasteiger partial charge in [-0.2, -0.15) is 4.98 Å². The minimum absolute atomic E-state index is 0.0600. The molecule has 2 rings (SSSR count). The molecule has 1 aliphatic heterocycles. The number of ether oxygens (including phenoxy) is 1. The van der Waals surface area contributed by atoms with Gasteiger partial charge in [0.2, 0.25) is 0 Å². The number of hydrogen-bond acceptors (Lipinski definition) is 6. The molecule has 0 aromatic carbocycles. The van der Waals surface area contributed by atoms with Gasteiger partial charge in [-0.15, -0.1) is 0 Å². The Bertz CT molecular complexity index is 858. The van der Waals surface area contributed by atoms with Crippen molar-refractivity contribution in [2.75, 3.05) is 12.3 Å². The Labute approximate surface area is 196 Å². The van der Waals surface area contributed by atoms with Crippen LogP contribution in [0.1, 0.15) is 67.5 Å². The van der Waals surface area contributed by atoms with Crippen LogP contribution in [0.4, 0.5) is 5.82 Å². The van der Waals surface area contributed by atoms with Crippen LogP contribution in [0, 0.1) is 0 Å². The van der Waals surface area contributed by atoms with Crippen molar-refractivity contribution in [2.45, 2.75) is 116 Å². The third-order valence-electron chi connectivity index (χ3n) is 7.86. The molecule has 0 radical (unpaired) electrons. The number of hydrogen-bond donors (Lipinski definition) is 1. The molecule has 1 unspecified atom stereocenters. The highest BCUT2D eigenvalue weighted by Gasteiger charge is 2.54. The Balaban J connectivity index is 2.44. The molecule has 0 aliphatic carbocycles. The van der Waals surface area contributed by atoms with E-state index >= 15 is 0 Å². The molecule has 1 aromatic heterocycles. The van der Waals surface area contributed by atoms with Crippen LogP contribution in [0.3, 0.4) is 0 Å². The summed E-state index contributed by atoms with van der Waals surface area (Å²) in [4.78, 5) is 16.5. The molecule has 32 heavy (non-hydrogen) atoms. The summed E-state index contributed by atoms with van der Waals surface area (Å²) in [5.41, 5.74) is 4.67. The fraction of sp³-hybridized carbons (Fsp3) is 0.826. The van der Waals surface area contributed by atoms with Crippen LogP contribution in [0.15, 0.2) is 17.1 Å².